The molecule has 1 amide bonds. The lowest BCUT2D eigenvalue weighted by Gasteiger charge is -2.14. The molecule has 0 spiro atoms. The third-order valence-electron chi connectivity index (χ3n) is 4.76. The number of H-pyrrole nitrogens is 1. The second-order valence-electron chi connectivity index (χ2n) is 7.27. The third kappa shape index (κ3) is 4.03. The van der Waals surface area contributed by atoms with E-state index in [2.05, 4.69) is 35.8 Å². The van der Waals surface area contributed by atoms with Crippen molar-refractivity contribution in [2.45, 2.75) is 51.2 Å². The predicted octanol–water partition coefficient (Wildman–Crippen LogP) is 3.26. The molecule has 9 nitrogen and oxygen atoms in total. The van der Waals surface area contributed by atoms with Crippen molar-refractivity contribution >= 4 is 28.8 Å². The van der Waals surface area contributed by atoms with Crippen molar-refractivity contribution in [1.29, 1.82) is 0 Å². The summed E-state index contributed by atoms with van der Waals surface area (Å²) in [6, 6.07) is 5.81. The number of aromatic nitrogens is 5. The van der Waals surface area contributed by atoms with Crippen LogP contribution in [0.1, 0.15) is 44.7 Å². The summed E-state index contributed by atoms with van der Waals surface area (Å²) in [6.07, 6.45) is 5.34. The molecule has 1 saturated carbocycles. The number of hydrogen-bond donors (Lipinski definition) is 3. The Morgan fingerprint density at radius 1 is 1.29 bits per heavy atom. The third-order valence-corrected chi connectivity index (χ3v) is 4.76. The number of anilines is 2. The van der Waals surface area contributed by atoms with Crippen LogP contribution in [0, 0.1) is 0 Å². The van der Waals surface area contributed by atoms with Gasteiger partial charge in [-0.05, 0) is 45.2 Å². The Kier molecular flexibility index (Phi) is 5.05. The maximum Gasteiger partial charge on any atom is 0.407 e. The Hall–Kier alpha value is -3.23. The Bertz CT molecular complexity index is 966. The SMILES string of the molecule is CC(C)NC(=O)OC1CCC(c2cc(Nc3ncnc4ncccc34)n[nH]2)C1. The molecule has 0 radical (unpaired) electrons. The molecule has 9 heteroatoms. The standard InChI is InChI=1S/C19H23N7O2/c1-11(2)23-19(27)28-13-6-5-12(8-13)15-9-16(26-25-15)24-18-14-4-3-7-20-17(14)21-10-22-18/h3-4,7,9-13H,5-6,8H2,1-2H3,(H,23,27)(H2,20,21,22,24,25,26). The van der Waals surface area contributed by atoms with Gasteiger partial charge < -0.3 is 15.4 Å². The Morgan fingerprint density at radius 2 is 2.18 bits per heavy atom. The van der Waals surface area contributed by atoms with E-state index < -0.39 is 0 Å². The van der Waals surface area contributed by atoms with E-state index in [4.69, 9.17) is 4.74 Å². The number of aromatic amines is 1. The minimum atomic E-state index is -0.350. The van der Waals surface area contributed by atoms with Gasteiger partial charge in [0, 0.05) is 29.9 Å². The number of fused-ring (bicyclic) bond motifs is 1. The molecule has 3 N–H and O–H groups in total. The maximum absolute atomic E-state index is 11.8. The van der Waals surface area contributed by atoms with E-state index in [-0.39, 0.29) is 24.2 Å². The van der Waals surface area contributed by atoms with Gasteiger partial charge in [0.05, 0.1) is 5.39 Å². The van der Waals surface area contributed by atoms with Gasteiger partial charge in [-0.2, -0.15) is 5.10 Å². The van der Waals surface area contributed by atoms with Crippen LogP contribution in [0.4, 0.5) is 16.4 Å². The topological polar surface area (TPSA) is 118 Å². The van der Waals surface area contributed by atoms with Gasteiger partial charge in [0.25, 0.3) is 0 Å². The molecule has 146 valence electrons. The summed E-state index contributed by atoms with van der Waals surface area (Å²) in [5.74, 6) is 1.62. The highest BCUT2D eigenvalue weighted by molar-refractivity contribution is 5.87. The summed E-state index contributed by atoms with van der Waals surface area (Å²) in [7, 11) is 0. The lowest BCUT2D eigenvalue weighted by molar-refractivity contribution is 0.0981. The Balaban J connectivity index is 1.40. The smallest absolute Gasteiger partial charge is 0.407 e. The van der Waals surface area contributed by atoms with Gasteiger partial charge >= 0.3 is 6.09 Å². The first kappa shape index (κ1) is 18.1. The summed E-state index contributed by atoms with van der Waals surface area (Å²) < 4.78 is 5.50. The number of alkyl carbamates (subject to hydrolysis) is 1. The number of carbonyl (C=O) groups excluding carboxylic acids is 1. The monoisotopic (exact) mass is 381 g/mol. The highest BCUT2D eigenvalue weighted by atomic mass is 16.6. The number of nitrogens with zero attached hydrogens (tertiary/aromatic N) is 4. The Labute approximate surface area is 162 Å². The minimum absolute atomic E-state index is 0.0685. The summed E-state index contributed by atoms with van der Waals surface area (Å²) in [5.41, 5.74) is 1.65. The normalized spacial score (nSPS) is 19.1. The van der Waals surface area contributed by atoms with Gasteiger partial charge in [0.1, 0.15) is 18.2 Å². The highest BCUT2D eigenvalue weighted by Crippen LogP contribution is 2.36. The van der Waals surface area contributed by atoms with Gasteiger partial charge in [-0.25, -0.2) is 19.7 Å². The van der Waals surface area contributed by atoms with Crippen molar-refractivity contribution < 1.29 is 9.53 Å². The zero-order chi connectivity index (χ0) is 19.5. The number of amides is 1. The molecule has 2 unspecified atom stereocenters. The summed E-state index contributed by atoms with van der Waals surface area (Å²) in [5, 5.41) is 14.3. The summed E-state index contributed by atoms with van der Waals surface area (Å²) >= 11 is 0. The molecular weight excluding hydrogens is 358 g/mol. The van der Waals surface area contributed by atoms with Gasteiger partial charge in [-0.15, -0.1) is 0 Å². The van der Waals surface area contributed by atoms with E-state index in [9.17, 15) is 4.79 Å². The molecule has 1 aliphatic rings. The predicted molar refractivity (Wildman–Crippen MR) is 104 cm³/mol. The first-order chi connectivity index (χ1) is 13.6. The van der Waals surface area contributed by atoms with Crippen LogP contribution in [0.5, 0.6) is 0 Å². The zero-order valence-electron chi connectivity index (χ0n) is 15.8. The molecule has 3 heterocycles. The summed E-state index contributed by atoms with van der Waals surface area (Å²) in [4.78, 5) is 24.5. The van der Waals surface area contributed by atoms with Crippen molar-refractivity contribution in [2.24, 2.45) is 0 Å². The fourth-order valence-corrected chi connectivity index (χ4v) is 3.48. The van der Waals surface area contributed by atoms with E-state index >= 15 is 0 Å². The number of pyridine rings is 1. The van der Waals surface area contributed by atoms with Crippen LogP contribution in [0.2, 0.25) is 0 Å². The van der Waals surface area contributed by atoms with Crippen LogP contribution in [-0.4, -0.2) is 43.4 Å². The molecule has 2 atom stereocenters. The number of carbonyl (C=O) groups is 1. The van der Waals surface area contributed by atoms with E-state index in [1.54, 1.807) is 6.20 Å². The van der Waals surface area contributed by atoms with Gasteiger partial charge in [-0.1, -0.05) is 0 Å². The van der Waals surface area contributed by atoms with Crippen LogP contribution >= 0.6 is 0 Å². The second kappa shape index (κ2) is 7.79. The molecule has 0 saturated heterocycles. The molecule has 0 aliphatic heterocycles. The van der Waals surface area contributed by atoms with Crippen LogP contribution < -0.4 is 10.6 Å². The van der Waals surface area contributed by atoms with Crippen molar-refractivity contribution in [1.82, 2.24) is 30.5 Å². The summed E-state index contributed by atoms with van der Waals surface area (Å²) in [6.45, 7) is 3.82. The van der Waals surface area contributed by atoms with Crippen molar-refractivity contribution in [2.75, 3.05) is 5.32 Å². The molecular formula is C19H23N7O2. The average Bonchev–Trinajstić information content (AvgIpc) is 3.31. The van der Waals surface area contributed by atoms with Crippen LogP contribution in [0.15, 0.2) is 30.7 Å². The second-order valence-corrected chi connectivity index (χ2v) is 7.27. The van der Waals surface area contributed by atoms with E-state index in [0.29, 0.717) is 17.3 Å². The number of hydrogen-bond acceptors (Lipinski definition) is 7. The Morgan fingerprint density at radius 3 is 3.04 bits per heavy atom. The molecule has 3 aromatic rings. The van der Waals surface area contributed by atoms with E-state index in [1.807, 2.05) is 32.0 Å². The van der Waals surface area contributed by atoms with E-state index in [0.717, 1.165) is 30.3 Å². The largest absolute Gasteiger partial charge is 0.446 e. The molecule has 3 aromatic heterocycles. The molecule has 0 aromatic carbocycles. The zero-order valence-corrected chi connectivity index (χ0v) is 15.8. The first-order valence-electron chi connectivity index (χ1n) is 9.43. The molecule has 0 bridgehead atoms. The van der Waals surface area contributed by atoms with Crippen LogP contribution in [0.25, 0.3) is 11.0 Å². The van der Waals surface area contributed by atoms with Crippen molar-refractivity contribution in [3.8, 4) is 0 Å². The molecule has 4 rings (SSSR count). The van der Waals surface area contributed by atoms with Crippen molar-refractivity contribution in [3.63, 3.8) is 0 Å². The lowest BCUT2D eigenvalue weighted by Crippen LogP contribution is -2.33. The fourth-order valence-electron chi connectivity index (χ4n) is 3.48. The first-order valence-corrected chi connectivity index (χ1v) is 9.43. The minimum Gasteiger partial charge on any atom is -0.446 e. The number of ether oxygens (including phenoxy) is 1. The molecule has 1 fully saturated rings. The highest BCUT2D eigenvalue weighted by Gasteiger charge is 2.30. The number of rotatable bonds is 5. The lowest BCUT2D eigenvalue weighted by atomic mass is 10.0. The van der Waals surface area contributed by atoms with Crippen LogP contribution in [0.3, 0.4) is 0 Å². The molecule has 28 heavy (non-hydrogen) atoms. The van der Waals surface area contributed by atoms with E-state index in [1.165, 1.54) is 6.33 Å². The van der Waals surface area contributed by atoms with Crippen molar-refractivity contribution in [3.05, 3.63) is 36.4 Å². The van der Waals surface area contributed by atoms with Gasteiger partial charge in [-0.3, -0.25) is 5.10 Å². The van der Waals surface area contributed by atoms with Gasteiger partial charge in [0.2, 0.25) is 0 Å². The quantitative estimate of drug-likeness (QED) is 0.621. The average molecular weight is 381 g/mol. The maximum atomic E-state index is 11.8. The molecule has 1 aliphatic carbocycles. The van der Waals surface area contributed by atoms with Crippen LogP contribution in [-0.2, 0) is 4.74 Å². The van der Waals surface area contributed by atoms with Gasteiger partial charge in [0.15, 0.2) is 11.5 Å². The fraction of sp³-hybridized carbons (Fsp3) is 0.421. The number of nitrogens with one attached hydrogen (secondary N) is 3.